The van der Waals surface area contributed by atoms with Crippen LogP contribution in [0.5, 0.6) is 0 Å². The molecule has 2 rings (SSSR count). The number of hydrogen-bond donors (Lipinski definition) is 2. The van der Waals surface area contributed by atoms with Crippen LogP contribution in [0.15, 0.2) is 0 Å². The van der Waals surface area contributed by atoms with E-state index in [1.54, 1.807) is 4.90 Å². The summed E-state index contributed by atoms with van der Waals surface area (Å²) >= 11 is 0. The molecule has 0 spiro atoms. The molecule has 2 fully saturated rings. The van der Waals surface area contributed by atoms with Crippen LogP contribution in [0.3, 0.4) is 0 Å². The van der Waals surface area contributed by atoms with Crippen LogP contribution < -0.4 is 10.6 Å². The summed E-state index contributed by atoms with van der Waals surface area (Å²) in [4.78, 5) is 37.0. The normalized spacial score (nSPS) is 27.0. The molecule has 2 aliphatic heterocycles. The average molecular weight is 269 g/mol. The summed E-state index contributed by atoms with van der Waals surface area (Å²) in [6.45, 7) is 3.73. The molecule has 2 N–H and O–H groups in total. The van der Waals surface area contributed by atoms with E-state index in [-0.39, 0.29) is 36.7 Å². The fraction of sp³-hybridized carbons (Fsp3) is 0.750. The van der Waals surface area contributed by atoms with E-state index in [0.717, 1.165) is 0 Å². The van der Waals surface area contributed by atoms with Crippen molar-refractivity contribution in [3.05, 3.63) is 0 Å². The molecule has 106 valence electrons. The largest absolute Gasteiger partial charge is 0.377 e. The second kappa shape index (κ2) is 6.01. The summed E-state index contributed by atoms with van der Waals surface area (Å²) < 4.78 is 5.28. The van der Waals surface area contributed by atoms with E-state index in [9.17, 15) is 14.4 Å². The van der Waals surface area contributed by atoms with E-state index >= 15 is 0 Å². The molecule has 0 aromatic heterocycles. The van der Waals surface area contributed by atoms with Gasteiger partial charge >= 0.3 is 0 Å². The maximum Gasteiger partial charge on any atom is 0.245 e. The lowest BCUT2D eigenvalue weighted by Gasteiger charge is -2.35. The zero-order chi connectivity index (χ0) is 13.8. The van der Waals surface area contributed by atoms with Gasteiger partial charge in [0.05, 0.1) is 19.1 Å². The fourth-order valence-corrected chi connectivity index (χ4v) is 2.39. The Balaban J connectivity index is 2.04. The highest BCUT2D eigenvalue weighted by molar-refractivity contribution is 5.92. The maximum atomic E-state index is 12.4. The third-order valence-corrected chi connectivity index (χ3v) is 3.39. The molecule has 2 atom stereocenters. The highest BCUT2D eigenvalue weighted by Crippen LogP contribution is 2.17. The highest BCUT2D eigenvalue weighted by Gasteiger charge is 2.38. The van der Waals surface area contributed by atoms with E-state index in [1.165, 1.54) is 0 Å². The number of carbonyl (C=O) groups is 3. The molecule has 2 unspecified atom stereocenters. The SMILES string of the molecule is CCNC(=O)C1COCCN1C(=O)C1CNC(=O)C1. The fourth-order valence-electron chi connectivity index (χ4n) is 2.39. The minimum Gasteiger partial charge on any atom is -0.377 e. The van der Waals surface area contributed by atoms with Gasteiger partial charge in [-0.05, 0) is 6.92 Å². The van der Waals surface area contributed by atoms with Crippen LogP contribution in [0, 0.1) is 5.92 Å². The van der Waals surface area contributed by atoms with Gasteiger partial charge in [0.15, 0.2) is 0 Å². The molecule has 2 heterocycles. The summed E-state index contributed by atoms with van der Waals surface area (Å²) in [6.07, 6.45) is 0.207. The number of morpholine rings is 1. The molecule has 2 aliphatic rings. The Hall–Kier alpha value is -1.63. The molecule has 3 amide bonds. The number of carbonyl (C=O) groups excluding carboxylic acids is 3. The highest BCUT2D eigenvalue weighted by atomic mass is 16.5. The van der Waals surface area contributed by atoms with Crippen molar-refractivity contribution >= 4 is 17.7 Å². The smallest absolute Gasteiger partial charge is 0.245 e. The van der Waals surface area contributed by atoms with Crippen molar-refractivity contribution in [2.24, 2.45) is 5.92 Å². The number of amides is 3. The molecule has 0 radical (unpaired) electrons. The first kappa shape index (κ1) is 13.8. The summed E-state index contributed by atoms with van der Waals surface area (Å²) in [6, 6.07) is -0.586. The lowest BCUT2D eigenvalue weighted by molar-refractivity contribution is -0.151. The van der Waals surface area contributed by atoms with Gasteiger partial charge in [0.2, 0.25) is 17.7 Å². The van der Waals surface area contributed by atoms with Crippen molar-refractivity contribution in [3.8, 4) is 0 Å². The molecule has 0 aromatic carbocycles. The first-order valence-corrected chi connectivity index (χ1v) is 6.56. The third-order valence-electron chi connectivity index (χ3n) is 3.39. The van der Waals surface area contributed by atoms with Crippen LogP contribution in [0.2, 0.25) is 0 Å². The van der Waals surface area contributed by atoms with E-state index in [2.05, 4.69) is 10.6 Å². The van der Waals surface area contributed by atoms with Gasteiger partial charge in [-0.25, -0.2) is 0 Å². The summed E-state index contributed by atoms with van der Waals surface area (Å²) in [7, 11) is 0. The third kappa shape index (κ3) is 3.04. The van der Waals surface area contributed by atoms with E-state index < -0.39 is 6.04 Å². The van der Waals surface area contributed by atoms with Crippen molar-refractivity contribution in [1.82, 2.24) is 15.5 Å². The minimum absolute atomic E-state index is 0.110. The second-order valence-electron chi connectivity index (χ2n) is 4.72. The molecule has 0 aromatic rings. The van der Waals surface area contributed by atoms with Gasteiger partial charge in [0, 0.05) is 26.1 Å². The van der Waals surface area contributed by atoms with Crippen molar-refractivity contribution in [2.75, 3.05) is 32.8 Å². The summed E-state index contributed by atoms with van der Waals surface area (Å²) in [5.41, 5.74) is 0. The van der Waals surface area contributed by atoms with Crippen LogP contribution >= 0.6 is 0 Å². The quantitative estimate of drug-likeness (QED) is 0.652. The molecule has 0 aliphatic carbocycles. The Kier molecular flexibility index (Phi) is 4.36. The topological polar surface area (TPSA) is 87.7 Å². The van der Waals surface area contributed by atoms with E-state index in [1.807, 2.05) is 6.92 Å². The number of likely N-dealkylation sites (N-methyl/N-ethyl adjacent to an activating group) is 1. The standard InChI is InChI=1S/C12H19N3O4/c1-2-13-11(17)9-7-19-4-3-15(9)12(18)8-5-10(16)14-6-8/h8-9H,2-7H2,1H3,(H,13,17)(H,14,16). The molecular formula is C12H19N3O4. The molecule has 19 heavy (non-hydrogen) atoms. The number of rotatable bonds is 3. The van der Waals surface area contributed by atoms with Crippen LogP contribution in [0.25, 0.3) is 0 Å². The zero-order valence-corrected chi connectivity index (χ0v) is 11.0. The molecule has 0 saturated carbocycles. The predicted molar refractivity (Wildman–Crippen MR) is 66.1 cm³/mol. The Labute approximate surface area is 111 Å². The van der Waals surface area contributed by atoms with Gasteiger partial charge in [0.1, 0.15) is 6.04 Å². The Morgan fingerprint density at radius 3 is 2.95 bits per heavy atom. The molecule has 7 heteroatoms. The molecule has 0 bridgehead atoms. The minimum atomic E-state index is -0.586. The van der Waals surface area contributed by atoms with Gasteiger partial charge in [-0.2, -0.15) is 0 Å². The van der Waals surface area contributed by atoms with E-state index in [4.69, 9.17) is 4.74 Å². The van der Waals surface area contributed by atoms with Crippen LogP contribution in [-0.2, 0) is 19.1 Å². The Morgan fingerprint density at radius 2 is 2.32 bits per heavy atom. The summed E-state index contributed by atoms with van der Waals surface area (Å²) in [5, 5.41) is 5.34. The lowest BCUT2D eigenvalue weighted by atomic mass is 10.0. The van der Waals surface area contributed by atoms with E-state index in [0.29, 0.717) is 26.2 Å². The zero-order valence-electron chi connectivity index (χ0n) is 11.0. The number of ether oxygens (including phenoxy) is 1. The summed E-state index contributed by atoms with van der Waals surface area (Å²) in [5.74, 6) is -0.811. The van der Waals surface area contributed by atoms with Gasteiger partial charge in [-0.3, -0.25) is 14.4 Å². The number of nitrogens with zero attached hydrogens (tertiary/aromatic N) is 1. The van der Waals surface area contributed by atoms with Crippen LogP contribution in [0.1, 0.15) is 13.3 Å². The van der Waals surface area contributed by atoms with Crippen molar-refractivity contribution < 1.29 is 19.1 Å². The Morgan fingerprint density at radius 1 is 1.53 bits per heavy atom. The van der Waals surface area contributed by atoms with Crippen molar-refractivity contribution in [1.29, 1.82) is 0 Å². The lowest BCUT2D eigenvalue weighted by Crippen LogP contribution is -2.57. The predicted octanol–water partition coefficient (Wildman–Crippen LogP) is -1.51. The first-order chi connectivity index (χ1) is 9.13. The first-order valence-electron chi connectivity index (χ1n) is 6.56. The van der Waals surface area contributed by atoms with Crippen LogP contribution in [-0.4, -0.2) is 61.5 Å². The maximum absolute atomic E-state index is 12.4. The molecule has 7 nitrogen and oxygen atoms in total. The van der Waals surface area contributed by atoms with Crippen molar-refractivity contribution in [3.63, 3.8) is 0 Å². The molecular weight excluding hydrogens is 250 g/mol. The molecule has 2 saturated heterocycles. The van der Waals surface area contributed by atoms with Gasteiger partial charge < -0.3 is 20.3 Å². The number of hydrogen-bond acceptors (Lipinski definition) is 4. The van der Waals surface area contributed by atoms with Gasteiger partial charge in [-0.1, -0.05) is 0 Å². The van der Waals surface area contributed by atoms with Crippen molar-refractivity contribution in [2.45, 2.75) is 19.4 Å². The Bertz CT molecular complexity index is 385. The van der Waals surface area contributed by atoms with Crippen LogP contribution in [0.4, 0.5) is 0 Å². The average Bonchev–Trinajstić information content (AvgIpc) is 2.85. The monoisotopic (exact) mass is 269 g/mol. The second-order valence-corrected chi connectivity index (χ2v) is 4.72. The number of nitrogens with one attached hydrogen (secondary N) is 2. The van der Waals surface area contributed by atoms with Gasteiger partial charge in [-0.15, -0.1) is 0 Å². The van der Waals surface area contributed by atoms with Gasteiger partial charge in [0.25, 0.3) is 0 Å².